The lowest BCUT2D eigenvalue weighted by atomic mass is 10.1. The number of aryl methyl sites for hydroxylation is 1. The highest BCUT2D eigenvalue weighted by molar-refractivity contribution is 5.77. The van der Waals surface area contributed by atoms with E-state index >= 15 is 0 Å². The van der Waals surface area contributed by atoms with E-state index in [0.29, 0.717) is 31.3 Å². The predicted molar refractivity (Wildman–Crippen MR) is 95.2 cm³/mol. The highest BCUT2D eigenvalue weighted by Gasteiger charge is 2.24. The SMILES string of the molecule is Nc1cc(CC[C@H]2CN(C(=O)COc3cccc(F)c3)CCO2)ccn1. The molecule has 0 aliphatic carbocycles. The number of amides is 1. The van der Waals surface area contributed by atoms with Crippen LogP contribution in [0.15, 0.2) is 42.6 Å². The summed E-state index contributed by atoms with van der Waals surface area (Å²) in [5.74, 6) is 0.325. The Morgan fingerprint density at radius 1 is 1.38 bits per heavy atom. The van der Waals surface area contributed by atoms with E-state index in [2.05, 4.69) is 4.98 Å². The summed E-state index contributed by atoms with van der Waals surface area (Å²) in [4.78, 5) is 18.1. The molecule has 3 rings (SSSR count). The molecule has 6 nitrogen and oxygen atoms in total. The molecule has 0 spiro atoms. The molecule has 1 fully saturated rings. The van der Waals surface area contributed by atoms with Gasteiger partial charge in [0.05, 0.1) is 12.7 Å². The van der Waals surface area contributed by atoms with Gasteiger partial charge in [-0.05, 0) is 42.7 Å². The van der Waals surface area contributed by atoms with Crippen LogP contribution in [-0.2, 0) is 16.0 Å². The molecule has 1 saturated heterocycles. The van der Waals surface area contributed by atoms with Gasteiger partial charge < -0.3 is 20.1 Å². The number of pyridine rings is 1. The molecule has 7 heteroatoms. The maximum Gasteiger partial charge on any atom is 0.260 e. The molecule has 2 heterocycles. The lowest BCUT2D eigenvalue weighted by molar-refractivity contribution is -0.141. The van der Waals surface area contributed by atoms with Crippen molar-refractivity contribution in [1.82, 2.24) is 9.88 Å². The zero-order valence-electron chi connectivity index (χ0n) is 14.4. The van der Waals surface area contributed by atoms with Crippen LogP contribution in [-0.4, -0.2) is 48.2 Å². The van der Waals surface area contributed by atoms with E-state index in [-0.39, 0.29) is 18.6 Å². The largest absolute Gasteiger partial charge is 0.484 e. The van der Waals surface area contributed by atoms with Crippen LogP contribution in [0.3, 0.4) is 0 Å². The fraction of sp³-hybridized carbons (Fsp3) is 0.368. The number of aromatic nitrogens is 1. The monoisotopic (exact) mass is 359 g/mol. The van der Waals surface area contributed by atoms with Gasteiger partial charge in [-0.25, -0.2) is 9.37 Å². The minimum Gasteiger partial charge on any atom is -0.484 e. The van der Waals surface area contributed by atoms with Gasteiger partial charge in [-0.3, -0.25) is 4.79 Å². The second-order valence-electron chi connectivity index (χ2n) is 6.21. The van der Waals surface area contributed by atoms with E-state index < -0.39 is 5.82 Å². The first kappa shape index (κ1) is 18.1. The maximum atomic E-state index is 13.1. The Kier molecular flexibility index (Phi) is 6.01. The molecule has 1 aliphatic rings. The Bertz CT molecular complexity index is 756. The number of carbonyl (C=O) groups excluding carboxylic acids is 1. The van der Waals surface area contributed by atoms with Crippen LogP contribution in [0, 0.1) is 5.82 Å². The number of rotatable bonds is 6. The second-order valence-corrected chi connectivity index (χ2v) is 6.21. The summed E-state index contributed by atoms with van der Waals surface area (Å²) in [6.07, 6.45) is 3.25. The zero-order valence-corrected chi connectivity index (χ0v) is 14.4. The van der Waals surface area contributed by atoms with Crippen LogP contribution in [0.2, 0.25) is 0 Å². The number of hydrogen-bond acceptors (Lipinski definition) is 5. The van der Waals surface area contributed by atoms with Gasteiger partial charge in [0, 0.05) is 25.4 Å². The zero-order chi connectivity index (χ0) is 18.4. The van der Waals surface area contributed by atoms with Crippen molar-refractivity contribution in [3.05, 3.63) is 54.0 Å². The lowest BCUT2D eigenvalue weighted by Gasteiger charge is -2.33. The molecular weight excluding hydrogens is 337 g/mol. The van der Waals surface area contributed by atoms with Crippen molar-refractivity contribution in [2.75, 3.05) is 32.0 Å². The average molecular weight is 359 g/mol. The van der Waals surface area contributed by atoms with Gasteiger partial charge >= 0.3 is 0 Å². The molecule has 138 valence electrons. The molecular formula is C19H22FN3O3. The first-order valence-corrected chi connectivity index (χ1v) is 8.58. The number of carbonyl (C=O) groups is 1. The fourth-order valence-electron chi connectivity index (χ4n) is 2.89. The Labute approximate surface area is 151 Å². The van der Waals surface area contributed by atoms with E-state index in [1.54, 1.807) is 23.2 Å². The number of nitrogens with two attached hydrogens (primary N) is 1. The van der Waals surface area contributed by atoms with Gasteiger partial charge in [0.15, 0.2) is 6.61 Å². The van der Waals surface area contributed by atoms with Crippen LogP contribution in [0.5, 0.6) is 5.75 Å². The van der Waals surface area contributed by atoms with Crippen molar-refractivity contribution >= 4 is 11.7 Å². The van der Waals surface area contributed by atoms with Gasteiger partial charge in [-0.2, -0.15) is 0 Å². The van der Waals surface area contributed by atoms with Gasteiger partial charge in [0.25, 0.3) is 5.91 Å². The van der Waals surface area contributed by atoms with Crippen LogP contribution >= 0.6 is 0 Å². The molecule has 1 aromatic heterocycles. The molecule has 1 aliphatic heterocycles. The number of hydrogen-bond donors (Lipinski definition) is 1. The molecule has 0 radical (unpaired) electrons. The number of benzene rings is 1. The summed E-state index contributed by atoms with van der Waals surface area (Å²) in [7, 11) is 0. The Balaban J connectivity index is 1.47. The Hall–Kier alpha value is -2.67. The van der Waals surface area contributed by atoms with Crippen molar-refractivity contribution in [2.45, 2.75) is 18.9 Å². The Morgan fingerprint density at radius 2 is 2.27 bits per heavy atom. The number of ether oxygens (including phenoxy) is 2. The molecule has 0 saturated carbocycles. The third kappa shape index (κ3) is 5.16. The molecule has 26 heavy (non-hydrogen) atoms. The summed E-state index contributed by atoms with van der Waals surface area (Å²) in [6, 6.07) is 9.53. The topological polar surface area (TPSA) is 77.7 Å². The van der Waals surface area contributed by atoms with E-state index in [4.69, 9.17) is 15.2 Å². The molecule has 2 aromatic rings. The maximum absolute atomic E-state index is 13.1. The summed E-state index contributed by atoms with van der Waals surface area (Å²) in [5, 5.41) is 0. The van der Waals surface area contributed by atoms with Gasteiger partial charge in [0.2, 0.25) is 0 Å². The molecule has 2 N–H and O–H groups in total. The summed E-state index contributed by atoms with van der Waals surface area (Å²) < 4.78 is 24.3. The number of morpholine rings is 1. The van der Waals surface area contributed by atoms with Crippen molar-refractivity contribution in [1.29, 1.82) is 0 Å². The highest BCUT2D eigenvalue weighted by Crippen LogP contribution is 2.15. The van der Waals surface area contributed by atoms with E-state index in [1.807, 2.05) is 12.1 Å². The highest BCUT2D eigenvalue weighted by atomic mass is 19.1. The van der Waals surface area contributed by atoms with Gasteiger partial charge in [0.1, 0.15) is 17.4 Å². The Morgan fingerprint density at radius 3 is 3.08 bits per heavy atom. The van der Waals surface area contributed by atoms with Crippen molar-refractivity contribution in [3.8, 4) is 5.75 Å². The number of nitrogens with zero attached hydrogens (tertiary/aromatic N) is 2. The predicted octanol–water partition coefficient (Wildman–Crippen LogP) is 2.04. The molecule has 0 bridgehead atoms. The second kappa shape index (κ2) is 8.62. The summed E-state index contributed by atoms with van der Waals surface area (Å²) in [5.41, 5.74) is 6.78. The molecule has 1 atom stereocenters. The number of nitrogen functional groups attached to an aromatic ring is 1. The van der Waals surface area contributed by atoms with Crippen molar-refractivity contribution in [2.24, 2.45) is 0 Å². The lowest BCUT2D eigenvalue weighted by Crippen LogP contribution is -2.47. The van der Waals surface area contributed by atoms with Gasteiger partial charge in [-0.15, -0.1) is 0 Å². The minimum absolute atomic E-state index is 0.0312. The molecule has 1 aromatic carbocycles. The van der Waals surface area contributed by atoms with Gasteiger partial charge in [-0.1, -0.05) is 6.07 Å². The molecule has 1 amide bonds. The van der Waals surface area contributed by atoms with Crippen LogP contribution < -0.4 is 10.5 Å². The van der Waals surface area contributed by atoms with E-state index in [9.17, 15) is 9.18 Å². The van der Waals surface area contributed by atoms with E-state index in [1.165, 1.54) is 12.1 Å². The van der Waals surface area contributed by atoms with Crippen molar-refractivity contribution in [3.63, 3.8) is 0 Å². The smallest absolute Gasteiger partial charge is 0.260 e. The first-order chi connectivity index (χ1) is 12.6. The van der Waals surface area contributed by atoms with Crippen LogP contribution in [0.1, 0.15) is 12.0 Å². The van der Waals surface area contributed by atoms with E-state index in [0.717, 1.165) is 18.4 Å². The summed E-state index contributed by atoms with van der Waals surface area (Å²) in [6.45, 7) is 1.43. The third-order valence-corrected chi connectivity index (χ3v) is 4.25. The normalized spacial score (nSPS) is 17.1. The quantitative estimate of drug-likeness (QED) is 0.854. The number of halogens is 1. The summed E-state index contributed by atoms with van der Waals surface area (Å²) >= 11 is 0. The third-order valence-electron chi connectivity index (χ3n) is 4.25. The standard InChI is InChI=1S/C19H22FN3O3/c20-15-2-1-3-16(11-15)26-13-19(24)23-8-9-25-17(12-23)5-4-14-6-7-22-18(21)10-14/h1-3,6-7,10-11,17H,4-5,8-9,12-13H2,(H2,21,22)/t17-/m0/s1. The minimum atomic E-state index is -0.391. The first-order valence-electron chi connectivity index (χ1n) is 8.58. The van der Waals surface area contributed by atoms with Crippen molar-refractivity contribution < 1.29 is 18.7 Å². The average Bonchev–Trinajstić information content (AvgIpc) is 2.65. The van der Waals surface area contributed by atoms with Crippen LogP contribution in [0.4, 0.5) is 10.2 Å². The van der Waals surface area contributed by atoms with Crippen LogP contribution in [0.25, 0.3) is 0 Å². The fourth-order valence-corrected chi connectivity index (χ4v) is 2.89. The molecule has 0 unspecified atom stereocenters. The number of anilines is 1.